The molecule has 6 rings (SSSR count). The lowest BCUT2D eigenvalue weighted by Crippen LogP contribution is -2.36. The minimum absolute atomic E-state index is 0.217. The second-order valence-corrected chi connectivity index (χ2v) is 10.8. The van der Waals surface area contributed by atoms with Gasteiger partial charge in [0.15, 0.2) is 18.0 Å². The molecule has 0 amide bonds. The summed E-state index contributed by atoms with van der Waals surface area (Å²) in [6.45, 7) is 6.88. The summed E-state index contributed by atoms with van der Waals surface area (Å²) in [4.78, 5) is 12.9. The Kier molecular flexibility index (Phi) is 5.66. The zero-order chi connectivity index (χ0) is 23.4. The lowest BCUT2D eigenvalue weighted by atomic mass is 9.87. The predicted octanol–water partition coefficient (Wildman–Crippen LogP) is 4.80. The molecule has 3 aromatic rings. The summed E-state index contributed by atoms with van der Waals surface area (Å²) in [6, 6.07) is 10.5. The number of nitrogens with zero attached hydrogens (tertiary/aromatic N) is 5. The van der Waals surface area contributed by atoms with Crippen LogP contribution in [-0.2, 0) is 19.4 Å². The second kappa shape index (κ2) is 8.57. The maximum Gasteiger partial charge on any atom is 0.260 e. The Morgan fingerprint density at radius 3 is 2.85 bits per heavy atom. The Labute approximate surface area is 199 Å². The van der Waals surface area contributed by atoms with Crippen LogP contribution in [0.15, 0.2) is 43.0 Å². The Hall–Kier alpha value is -2.03. The van der Waals surface area contributed by atoms with Gasteiger partial charge in [0.25, 0.3) is 8.53 Å². The molecule has 1 unspecified atom stereocenters. The summed E-state index contributed by atoms with van der Waals surface area (Å²) in [7, 11) is -1.42. The third kappa shape index (κ3) is 3.40. The molecule has 7 atom stereocenters. The number of fused-ring (bicyclic) bond motifs is 2. The fraction of sp³-hybridized carbons (Fsp3) is 0.542. The maximum absolute atomic E-state index is 16.0. The first-order valence-corrected chi connectivity index (χ1v) is 13.1. The Balaban J connectivity index is 1.27. The van der Waals surface area contributed by atoms with Gasteiger partial charge in [-0.1, -0.05) is 37.3 Å². The van der Waals surface area contributed by atoms with E-state index in [1.54, 1.807) is 10.9 Å². The highest BCUT2D eigenvalue weighted by Gasteiger charge is 2.57. The molecule has 5 heterocycles. The summed E-state index contributed by atoms with van der Waals surface area (Å²) in [6.07, 6.45) is 2.43. The average Bonchev–Trinajstić information content (AvgIpc) is 3.61. The van der Waals surface area contributed by atoms with Crippen LogP contribution in [0.5, 0.6) is 0 Å². The average molecular weight is 486 g/mol. The molecule has 2 aromatic heterocycles. The molecular weight excluding hydrogens is 456 g/mol. The van der Waals surface area contributed by atoms with E-state index in [0.717, 1.165) is 30.6 Å². The molecule has 0 spiro atoms. The van der Waals surface area contributed by atoms with Crippen molar-refractivity contribution in [3.8, 4) is 0 Å². The van der Waals surface area contributed by atoms with Gasteiger partial charge in [-0.25, -0.2) is 24.0 Å². The van der Waals surface area contributed by atoms with Gasteiger partial charge in [-0.05, 0) is 38.7 Å². The molecule has 0 aliphatic carbocycles. The van der Waals surface area contributed by atoms with Crippen molar-refractivity contribution in [1.29, 1.82) is 0 Å². The van der Waals surface area contributed by atoms with Crippen LogP contribution < -0.4 is 0 Å². The van der Waals surface area contributed by atoms with Crippen molar-refractivity contribution < 1.29 is 18.2 Å². The molecule has 180 valence electrons. The number of hydrogen-bond donors (Lipinski definition) is 0. The van der Waals surface area contributed by atoms with Gasteiger partial charge >= 0.3 is 0 Å². The van der Waals surface area contributed by atoms with Crippen LogP contribution in [-0.4, -0.2) is 55.2 Å². The predicted molar refractivity (Wildman–Crippen MR) is 126 cm³/mol. The summed E-state index contributed by atoms with van der Waals surface area (Å²) >= 11 is 0. The lowest BCUT2D eigenvalue weighted by Gasteiger charge is -2.29. The van der Waals surface area contributed by atoms with Crippen LogP contribution in [0.3, 0.4) is 0 Å². The SMILES string of the molecule is CC[C@H]1O[C@@H](n2cnc3c(C)ncnc32)[C@@H](F)C1O[P@@]1O[C@](C)(c2ccccc2)[C@@H]2CCCN21. The van der Waals surface area contributed by atoms with E-state index in [-0.39, 0.29) is 6.04 Å². The van der Waals surface area contributed by atoms with Crippen LogP contribution in [0.2, 0.25) is 0 Å². The number of halogens is 1. The molecule has 8 nitrogen and oxygen atoms in total. The fourth-order valence-electron chi connectivity index (χ4n) is 5.51. The second-order valence-electron chi connectivity index (χ2n) is 9.39. The number of alkyl halides is 1. The van der Waals surface area contributed by atoms with Gasteiger partial charge < -0.3 is 13.8 Å². The van der Waals surface area contributed by atoms with Crippen molar-refractivity contribution in [3.05, 3.63) is 54.2 Å². The van der Waals surface area contributed by atoms with E-state index in [0.29, 0.717) is 17.6 Å². The highest BCUT2D eigenvalue weighted by Crippen LogP contribution is 2.64. The largest absolute Gasteiger partial charge is 0.349 e. The number of ether oxygens (including phenoxy) is 1. The monoisotopic (exact) mass is 485 g/mol. The molecule has 0 bridgehead atoms. The van der Waals surface area contributed by atoms with Gasteiger partial charge in [0.1, 0.15) is 23.5 Å². The van der Waals surface area contributed by atoms with Gasteiger partial charge in [0.05, 0.1) is 24.2 Å². The molecule has 0 N–H and O–H groups in total. The van der Waals surface area contributed by atoms with Crippen LogP contribution in [0.1, 0.15) is 50.6 Å². The Morgan fingerprint density at radius 1 is 1.24 bits per heavy atom. The van der Waals surface area contributed by atoms with Gasteiger partial charge in [0.2, 0.25) is 0 Å². The van der Waals surface area contributed by atoms with Crippen molar-refractivity contribution in [2.45, 2.75) is 76.3 Å². The molecular formula is C24H29FN5O3P. The molecule has 10 heteroatoms. The zero-order valence-electron chi connectivity index (χ0n) is 19.5. The molecule has 3 aliphatic heterocycles. The van der Waals surface area contributed by atoms with Gasteiger partial charge in [-0.2, -0.15) is 0 Å². The van der Waals surface area contributed by atoms with E-state index in [1.807, 2.05) is 32.0 Å². The van der Waals surface area contributed by atoms with Crippen molar-refractivity contribution in [3.63, 3.8) is 0 Å². The Bertz CT molecular complexity index is 1180. The van der Waals surface area contributed by atoms with Gasteiger partial charge in [0, 0.05) is 6.54 Å². The van der Waals surface area contributed by atoms with E-state index >= 15 is 4.39 Å². The van der Waals surface area contributed by atoms with Crippen LogP contribution in [0, 0.1) is 6.92 Å². The van der Waals surface area contributed by atoms with Crippen molar-refractivity contribution in [1.82, 2.24) is 24.2 Å². The summed E-state index contributed by atoms with van der Waals surface area (Å²) < 4.78 is 39.2. The standard InChI is InChI=1S/C24H29FN5O3P/c1-4-17-21(19(25)23(31-17)29-14-28-20-15(2)26-13-27-22(20)29)32-34-30-12-8-11-18(30)24(3,33-34)16-9-6-5-7-10-16/h5-7,9-10,13-14,17-19,21,23H,4,8,11-12H2,1-3H3/t17-,18+,19+,21?,23-,24-,34+/m1/s1. The highest BCUT2D eigenvalue weighted by molar-refractivity contribution is 7.45. The third-order valence-corrected chi connectivity index (χ3v) is 9.24. The van der Waals surface area contributed by atoms with Crippen molar-refractivity contribution in [2.24, 2.45) is 0 Å². The van der Waals surface area contributed by atoms with Crippen molar-refractivity contribution >= 4 is 19.7 Å². The smallest absolute Gasteiger partial charge is 0.260 e. The molecule has 3 aliphatic rings. The fourth-order valence-corrected chi connectivity index (χ4v) is 7.66. The molecule has 34 heavy (non-hydrogen) atoms. The number of rotatable bonds is 5. The Morgan fingerprint density at radius 2 is 2.06 bits per heavy atom. The minimum Gasteiger partial charge on any atom is -0.349 e. The third-order valence-electron chi connectivity index (χ3n) is 7.38. The van der Waals surface area contributed by atoms with E-state index in [9.17, 15) is 0 Å². The van der Waals surface area contributed by atoms with E-state index in [2.05, 4.69) is 38.7 Å². The summed E-state index contributed by atoms with van der Waals surface area (Å²) in [5, 5.41) is 0. The first-order valence-electron chi connectivity index (χ1n) is 11.9. The molecule has 0 saturated carbocycles. The van der Waals surface area contributed by atoms with E-state index in [4.69, 9.17) is 13.8 Å². The number of benzene rings is 1. The van der Waals surface area contributed by atoms with Gasteiger partial charge in [-0.3, -0.25) is 4.57 Å². The number of aryl methyl sites for hydroxylation is 1. The molecule has 3 saturated heterocycles. The minimum atomic E-state index is -1.42. The number of aromatic nitrogens is 4. The first-order chi connectivity index (χ1) is 16.5. The maximum atomic E-state index is 16.0. The van der Waals surface area contributed by atoms with Crippen LogP contribution >= 0.6 is 8.53 Å². The van der Waals surface area contributed by atoms with Gasteiger partial charge in [-0.15, -0.1) is 0 Å². The van der Waals surface area contributed by atoms with Crippen LogP contribution in [0.4, 0.5) is 4.39 Å². The highest BCUT2D eigenvalue weighted by atomic mass is 31.2. The quantitative estimate of drug-likeness (QED) is 0.481. The molecule has 0 radical (unpaired) electrons. The summed E-state index contributed by atoms with van der Waals surface area (Å²) in [5.74, 6) is 0. The number of hydrogen-bond acceptors (Lipinski definition) is 7. The van der Waals surface area contributed by atoms with E-state index in [1.165, 1.54) is 6.33 Å². The van der Waals surface area contributed by atoms with Crippen molar-refractivity contribution in [2.75, 3.05) is 6.54 Å². The summed E-state index contributed by atoms with van der Waals surface area (Å²) in [5.41, 5.74) is 2.61. The zero-order valence-corrected chi connectivity index (χ0v) is 20.4. The van der Waals surface area contributed by atoms with E-state index < -0.39 is 38.7 Å². The first kappa shape index (κ1) is 22.4. The molecule has 3 fully saturated rings. The number of imidazole rings is 1. The van der Waals surface area contributed by atoms with Crippen LogP contribution in [0.25, 0.3) is 11.2 Å². The topological polar surface area (TPSA) is 74.5 Å². The molecule has 1 aromatic carbocycles. The lowest BCUT2D eigenvalue weighted by molar-refractivity contribution is -0.0228. The normalized spacial score (nSPS) is 35.9.